The Morgan fingerprint density at radius 1 is 1.00 bits per heavy atom. The van der Waals surface area contributed by atoms with Crippen molar-refractivity contribution in [3.63, 3.8) is 0 Å². The van der Waals surface area contributed by atoms with Gasteiger partial charge in [0.1, 0.15) is 29.2 Å². The van der Waals surface area contributed by atoms with Crippen molar-refractivity contribution in [2.45, 2.75) is 31.8 Å². The summed E-state index contributed by atoms with van der Waals surface area (Å²) in [4.78, 5) is 28.5. The normalized spacial score (nSPS) is 16.3. The van der Waals surface area contributed by atoms with E-state index in [9.17, 15) is 4.79 Å². The second-order valence-corrected chi connectivity index (χ2v) is 14.8. The van der Waals surface area contributed by atoms with Crippen LogP contribution in [0.1, 0.15) is 42.9 Å². The molecule has 0 saturated carbocycles. The number of hydrogen-bond acceptors (Lipinski definition) is 9. The van der Waals surface area contributed by atoms with Crippen LogP contribution in [-0.2, 0) is 11.8 Å². The molecule has 0 bridgehead atoms. The van der Waals surface area contributed by atoms with Gasteiger partial charge in [0.25, 0.3) is 0 Å². The number of nitrogens with zero attached hydrogens (tertiary/aromatic N) is 8. The molecule has 4 aromatic heterocycles. The smallest absolute Gasteiger partial charge is 0.236 e. The highest BCUT2D eigenvalue weighted by Crippen LogP contribution is 2.36. The van der Waals surface area contributed by atoms with Crippen molar-refractivity contribution in [1.29, 1.82) is 0 Å². The number of amides is 1. The van der Waals surface area contributed by atoms with Crippen molar-refractivity contribution in [3.8, 4) is 17.0 Å². The number of H-pyrrole nitrogens is 1. The lowest BCUT2D eigenvalue weighted by Gasteiger charge is -2.37. The molecule has 8 rings (SSSR count). The van der Waals surface area contributed by atoms with Gasteiger partial charge in [-0.25, -0.2) is 9.37 Å². The van der Waals surface area contributed by atoms with Crippen LogP contribution in [0.5, 0.6) is 5.75 Å². The molecule has 12 nitrogen and oxygen atoms in total. The van der Waals surface area contributed by atoms with E-state index in [0.29, 0.717) is 59.9 Å². The average molecular weight is 772 g/mol. The summed E-state index contributed by atoms with van der Waals surface area (Å²) in [5.74, 6) is 2.24. The van der Waals surface area contributed by atoms with E-state index < -0.39 is 6.10 Å². The number of piperazine rings is 1. The van der Waals surface area contributed by atoms with Crippen LogP contribution < -0.4 is 15.0 Å². The van der Waals surface area contributed by atoms with Crippen LogP contribution in [0.4, 0.5) is 16.0 Å². The maximum atomic E-state index is 15.2. The summed E-state index contributed by atoms with van der Waals surface area (Å²) >= 11 is 12.7. The number of piperidine rings is 1. The first-order chi connectivity index (χ1) is 26.2. The van der Waals surface area contributed by atoms with E-state index in [4.69, 9.17) is 32.9 Å². The molecule has 0 radical (unpaired) electrons. The van der Waals surface area contributed by atoms with Crippen LogP contribution >= 0.6 is 23.2 Å². The van der Waals surface area contributed by atoms with E-state index in [1.54, 1.807) is 30.2 Å². The Morgan fingerprint density at radius 2 is 1.76 bits per heavy atom. The number of hydrogen-bond donors (Lipinski definition) is 2. The number of nitrogens with one attached hydrogen (secondary N) is 2. The molecular weight excluding hydrogens is 730 g/mol. The van der Waals surface area contributed by atoms with E-state index in [0.717, 1.165) is 70.4 Å². The lowest BCUT2D eigenvalue weighted by molar-refractivity contribution is -0.133. The number of halogens is 3. The van der Waals surface area contributed by atoms with Crippen LogP contribution in [0, 0.1) is 5.82 Å². The van der Waals surface area contributed by atoms with Crippen LogP contribution in [0.15, 0.2) is 61.1 Å². The summed E-state index contributed by atoms with van der Waals surface area (Å²) in [6.07, 6.45) is 6.16. The number of carbonyl (C=O) groups excluding carboxylic acids is 1. The third-order valence-corrected chi connectivity index (χ3v) is 11.3. The zero-order valence-corrected chi connectivity index (χ0v) is 31.8. The Kier molecular flexibility index (Phi) is 10.0. The largest absolute Gasteiger partial charge is 0.486 e. The molecule has 2 fully saturated rings. The maximum absolute atomic E-state index is 15.2. The first-order valence-electron chi connectivity index (χ1n) is 18.2. The molecular formula is C39H41Cl2FN10O2. The number of likely N-dealkylation sites (tertiary alicyclic amines) is 1. The first kappa shape index (κ1) is 36.0. The molecule has 6 aromatic rings. The van der Waals surface area contributed by atoms with Crippen molar-refractivity contribution in [2.75, 3.05) is 63.1 Å². The van der Waals surface area contributed by atoms with E-state index in [1.807, 2.05) is 61.5 Å². The Hall–Kier alpha value is -4.98. The van der Waals surface area contributed by atoms with Crippen molar-refractivity contribution >= 4 is 62.6 Å². The zero-order valence-electron chi connectivity index (χ0n) is 30.3. The molecule has 1 atom stereocenters. The molecule has 54 heavy (non-hydrogen) atoms. The number of aromatic nitrogens is 6. The highest BCUT2D eigenvalue weighted by Gasteiger charge is 2.28. The molecule has 6 heterocycles. The van der Waals surface area contributed by atoms with Gasteiger partial charge in [-0.1, -0.05) is 23.2 Å². The van der Waals surface area contributed by atoms with Crippen LogP contribution in [0.25, 0.3) is 33.1 Å². The van der Waals surface area contributed by atoms with E-state index in [1.165, 1.54) is 0 Å². The quantitative estimate of drug-likeness (QED) is 0.159. The summed E-state index contributed by atoms with van der Waals surface area (Å²) in [5.41, 5.74) is 4.84. The third-order valence-electron chi connectivity index (χ3n) is 10.7. The fourth-order valence-electron chi connectivity index (χ4n) is 7.74. The van der Waals surface area contributed by atoms with Gasteiger partial charge in [-0.2, -0.15) is 10.2 Å². The minimum Gasteiger partial charge on any atom is -0.486 e. The summed E-state index contributed by atoms with van der Waals surface area (Å²) in [5, 5.41) is 17.8. The predicted molar refractivity (Wildman–Crippen MR) is 210 cm³/mol. The van der Waals surface area contributed by atoms with Crippen LogP contribution in [0.3, 0.4) is 0 Å². The lowest BCUT2D eigenvalue weighted by Crippen LogP contribution is -2.52. The molecule has 0 unspecified atom stereocenters. The summed E-state index contributed by atoms with van der Waals surface area (Å²) in [6, 6.07) is 13.3. The van der Waals surface area contributed by atoms with Gasteiger partial charge >= 0.3 is 0 Å². The van der Waals surface area contributed by atoms with Gasteiger partial charge in [0, 0.05) is 80.8 Å². The number of fused-ring (bicyclic) bond motifs is 2. The molecule has 2 N–H and O–H groups in total. The van der Waals surface area contributed by atoms with Crippen molar-refractivity contribution in [3.05, 3.63) is 88.0 Å². The summed E-state index contributed by atoms with van der Waals surface area (Å²) < 4.78 is 23.2. The minimum absolute atomic E-state index is 0.112. The fourth-order valence-corrected chi connectivity index (χ4v) is 8.41. The molecule has 2 aliphatic rings. The van der Waals surface area contributed by atoms with Gasteiger partial charge in [-0.15, -0.1) is 0 Å². The Balaban J connectivity index is 0.845. The number of aromatic amines is 1. The SMILES string of the molecule is CNc1nn(C)c2cc(C3CCN(CC(=O)N4CCN(c5ccc(-c6n[nH]c7ccc(O[C@H](C)c8c(Cl)cncc8Cl)cc67)cn5)CC4)CC3)c(F)cc12. The maximum Gasteiger partial charge on any atom is 0.236 e. The van der Waals surface area contributed by atoms with E-state index >= 15 is 4.39 Å². The third kappa shape index (κ3) is 7.03. The van der Waals surface area contributed by atoms with Crippen molar-refractivity contribution < 1.29 is 13.9 Å². The van der Waals surface area contributed by atoms with Gasteiger partial charge in [-0.3, -0.25) is 24.5 Å². The van der Waals surface area contributed by atoms with Gasteiger partial charge in [0.2, 0.25) is 5.91 Å². The topological polar surface area (TPSA) is 120 Å². The number of aryl methyl sites for hydroxylation is 1. The highest BCUT2D eigenvalue weighted by molar-refractivity contribution is 6.35. The minimum atomic E-state index is -0.394. The van der Waals surface area contributed by atoms with Crippen molar-refractivity contribution in [1.82, 2.24) is 39.7 Å². The first-order valence-corrected chi connectivity index (χ1v) is 18.9. The zero-order chi connectivity index (χ0) is 37.5. The second kappa shape index (κ2) is 15.0. The number of carbonyl (C=O) groups is 1. The Bertz CT molecular complexity index is 2290. The molecule has 1 amide bonds. The highest BCUT2D eigenvalue weighted by atomic mass is 35.5. The predicted octanol–water partition coefficient (Wildman–Crippen LogP) is 7.06. The fraction of sp³-hybridized carbons (Fsp3) is 0.359. The number of pyridine rings is 2. The lowest BCUT2D eigenvalue weighted by atomic mass is 9.88. The number of ether oxygens (including phenoxy) is 1. The molecule has 15 heteroatoms. The van der Waals surface area contributed by atoms with Crippen molar-refractivity contribution in [2.24, 2.45) is 7.05 Å². The molecule has 2 aliphatic heterocycles. The van der Waals surface area contributed by atoms with E-state index in [-0.39, 0.29) is 17.6 Å². The Morgan fingerprint density at radius 3 is 2.46 bits per heavy atom. The standard InChI is InChI=1S/C39H41Cl2FN10O2/c1-23(37-30(40)20-44-21-31(37)41)54-26-5-6-33-28(16-26)38(47-46-33)25-4-7-35(45-19-25)51-12-14-52(15-13-51)36(53)22-50-10-8-24(9-11-50)27-18-34-29(17-32(27)42)39(43-2)48-49(34)3/h4-7,16-21,23-24H,8-15,22H2,1-3H3,(H,43,48)(H,46,47)/t23-/m1/s1. The summed E-state index contributed by atoms with van der Waals surface area (Å²) in [7, 11) is 3.67. The van der Waals surface area contributed by atoms with Gasteiger partial charge in [0.05, 0.1) is 27.6 Å². The number of benzene rings is 2. The molecule has 2 saturated heterocycles. The molecule has 2 aromatic carbocycles. The molecule has 280 valence electrons. The Labute approximate surface area is 322 Å². The van der Waals surface area contributed by atoms with Crippen LogP contribution in [0.2, 0.25) is 10.0 Å². The molecule has 0 spiro atoms. The van der Waals surface area contributed by atoms with Gasteiger partial charge in [0.15, 0.2) is 5.82 Å². The van der Waals surface area contributed by atoms with Gasteiger partial charge < -0.3 is 19.9 Å². The van der Waals surface area contributed by atoms with Crippen LogP contribution in [-0.4, -0.2) is 98.5 Å². The monoisotopic (exact) mass is 770 g/mol. The summed E-state index contributed by atoms with van der Waals surface area (Å²) in [6.45, 7) is 6.43. The number of rotatable bonds is 9. The average Bonchev–Trinajstić information content (AvgIpc) is 3.74. The molecule has 0 aliphatic carbocycles. The number of anilines is 2. The van der Waals surface area contributed by atoms with E-state index in [2.05, 4.69) is 35.4 Å². The van der Waals surface area contributed by atoms with Gasteiger partial charge in [-0.05, 0) is 86.8 Å². The second-order valence-electron chi connectivity index (χ2n) is 14.0.